The predicted octanol–water partition coefficient (Wildman–Crippen LogP) is 3.21. The number of carbonyl (C=O) groups is 1. The molecule has 0 saturated heterocycles. The fraction of sp³-hybridized carbons (Fsp3) is 0.235. The minimum absolute atomic E-state index is 0.0560. The normalized spacial score (nSPS) is 24.0. The van der Waals surface area contributed by atoms with E-state index in [1.807, 2.05) is 36.4 Å². The molecule has 1 aliphatic heterocycles. The molecule has 2 aromatic carbocycles. The Labute approximate surface area is 128 Å². The van der Waals surface area contributed by atoms with Crippen molar-refractivity contribution in [2.45, 2.75) is 12.5 Å². The van der Waals surface area contributed by atoms with Crippen LogP contribution < -0.4 is 5.32 Å². The van der Waals surface area contributed by atoms with E-state index in [-0.39, 0.29) is 5.78 Å². The van der Waals surface area contributed by atoms with Crippen LogP contribution in [0.15, 0.2) is 48.5 Å². The van der Waals surface area contributed by atoms with Gasteiger partial charge < -0.3 is 10.4 Å². The van der Waals surface area contributed by atoms with Crippen molar-refractivity contribution >= 4 is 23.1 Å². The van der Waals surface area contributed by atoms with Crippen LogP contribution in [0, 0.1) is 5.92 Å². The second-order valence-corrected chi connectivity index (χ2v) is 5.80. The van der Waals surface area contributed by atoms with Crippen LogP contribution in [-0.4, -0.2) is 17.4 Å². The van der Waals surface area contributed by atoms with Crippen molar-refractivity contribution < 1.29 is 9.90 Å². The molecule has 3 rings (SSSR count). The van der Waals surface area contributed by atoms with Crippen LogP contribution in [0.4, 0.5) is 5.69 Å². The van der Waals surface area contributed by atoms with Gasteiger partial charge in [0.2, 0.25) is 0 Å². The minimum Gasteiger partial charge on any atom is -0.384 e. The smallest absolute Gasteiger partial charge is 0.138 e. The van der Waals surface area contributed by atoms with E-state index in [1.165, 1.54) is 6.92 Å². The Morgan fingerprint density at radius 3 is 2.67 bits per heavy atom. The first kappa shape index (κ1) is 14.1. The first-order valence-electron chi connectivity index (χ1n) is 6.85. The molecular weight excluding hydrogens is 286 g/mol. The SMILES string of the molecule is CC(=O)[C@@H]1CNc2ccc(Cl)cc2[C@]1(O)c1ccccc1. The summed E-state index contributed by atoms with van der Waals surface area (Å²) in [6.45, 7) is 1.91. The lowest BCUT2D eigenvalue weighted by atomic mass is 9.72. The number of halogens is 1. The van der Waals surface area contributed by atoms with Gasteiger partial charge in [-0.15, -0.1) is 0 Å². The molecule has 1 aliphatic rings. The van der Waals surface area contributed by atoms with Crippen LogP contribution in [0.1, 0.15) is 18.1 Å². The molecule has 108 valence electrons. The Morgan fingerprint density at radius 2 is 2.00 bits per heavy atom. The summed E-state index contributed by atoms with van der Waals surface area (Å²) in [6, 6.07) is 14.6. The third-order valence-electron chi connectivity index (χ3n) is 4.10. The standard InChI is InChI=1S/C17H16ClNO2/c1-11(20)15-10-19-16-8-7-13(18)9-14(16)17(15,21)12-5-3-2-4-6-12/h2-9,15,19,21H,10H2,1H3/t15-,17+/m0/s1. The molecule has 0 spiro atoms. The zero-order valence-corrected chi connectivity index (χ0v) is 12.4. The number of nitrogens with one attached hydrogen (secondary N) is 1. The molecule has 1 heterocycles. The van der Waals surface area contributed by atoms with Gasteiger partial charge in [0.05, 0.1) is 5.92 Å². The van der Waals surface area contributed by atoms with Gasteiger partial charge in [0.1, 0.15) is 11.4 Å². The monoisotopic (exact) mass is 301 g/mol. The maximum absolute atomic E-state index is 12.0. The molecule has 21 heavy (non-hydrogen) atoms. The summed E-state index contributed by atoms with van der Waals surface area (Å²) < 4.78 is 0. The molecule has 4 heteroatoms. The van der Waals surface area contributed by atoms with Crippen molar-refractivity contribution in [1.82, 2.24) is 0 Å². The van der Waals surface area contributed by atoms with Gasteiger partial charge in [-0.1, -0.05) is 41.9 Å². The number of Topliss-reactive ketones (excluding diaryl/α,β-unsaturated/α-hetero) is 1. The summed E-state index contributed by atoms with van der Waals surface area (Å²) in [5, 5.41) is 15.2. The fourth-order valence-electron chi connectivity index (χ4n) is 3.02. The highest BCUT2D eigenvalue weighted by atomic mass is 35.5. The predicted molar refractivity (Wildman–Crippen MR) is 83.6 cm³/mol. The number of benzene rings is 2. The largest absolute Gasteiger partial charge is 0.384 e. The van der Waals surface area contributed by atoms with E-state index in [0.29, 0.717) is 22.7 Å². The summed E-state index contributed by atoms with van der Waals surface area (Å²) >= 11 is 6.09. The average Bonchev–Trinajstić information content (AvgIpc) is 2.48. The lowest BCUT2D eigenvalue weighted by Crippen LogP contribution is -2.47. The Morgan fingerprint density at radius 1 is 1.29 bits per heavy atom. The van der Waals surface area contributed by atoms with Gasteiger partial charge in [0, 0.05) is 22.8 Å². The van der Waals surface area contributed by atoms with Crippen LogP contribution in [0.2, 0.25) is 5.02 Å². The Hall–Kier alpha value is -1.84. The Bertz CT molecular complexity index is 686. The molecule has 0 aromatic heterocycles. The molecule has 2 N–H and O–H groups in total. The number of anilines is 1. The Kier molecular flexibility index (Phi) is 3.47. The zero-order valence-electron chi connectivity index (χ0n) is 11.6. The van der Waals surface area contributed by atoms with E-state index in [2.05, 4.69) is 5.32 Å². The van der Waals surface area contributed by atoms with E-state index in [0.717, 1.165) is 5.69 Å². The van der Waals surface area contributed by atoms with Crippen LogP contribution in [0.5, 0.6) is 0 Å². The van der Waals surface area contributed by atoms with Gasteiger partial charge in [-0.2, -0.15) is 0 Å². The average molecular weight is 302 g/mol. The van der Waals surface area contributed by atoms with Crippen molar-refractivity contribution in [3.63, 3.8) is 0 Å². The lowest BCUT2D eigenvalue weighted by Gasteiger charge is -2.41. The third-order valence-corrected chi connectivity index (χ3v) is 4.33. The first-order chi connectivity index (χ1) is 10.0. The van der Waals surface area contributed by atoms with Gasteiger partial charge in [0.15, 0.2) is 0 Å². The summed E-state index contributed by atoms with van der Waals surface area (Å²) in [6.07, 6.45) is 0. The highest BCUT2D eigenvalue weighted by Crippen LogP contribution is 2.44. The van der Waals surface area contributed by atoms with Gasteiger partial charge in [-0.25, -0.2) is 0 Å². The topological polar surface area (TPSA) is 49.3 Å². The van der Waals surface area contributed by atoms with Crippen molar-refractivity contribution in [1.29, 1.82) is 0 Å². The van der Waals surface area contributed by atoms with Crippen LogP contribution in [0.3, 0.4) is 0 Å². The lowest BCUT2D eigenvalue weighted by molar-refractivity contribution is -0.127. The number of aliphatic hydroxyl groups is 1. The van der Waals surface area contributed by atoms with Crippen LogP contribution >= 0.6 is 11.6 Å². The maximum atomic E-state index is 12.0. The molecule has 2 aromatic rings. The highest BCUT2D eigenvalue weighted by Gasteiger charge is 2.46. The van der Waals surface area contributed by atoms with Crippen molar-refractivity contribution in [3.05, 3.63) is 64.7 Å². The summed E-state index contributed by atoms with van der Waals surface area (Å²) in [5.74, 6) is -0.606. The summed E-state index contributed by atoms with van der Waals surface area (Å²) in [7, 11) is 0. The van der Waals surface area contributed by atoms with Crippen LogP contribution in [-0.2, 0) is 10.4 Å². The molecule has 0 aliphatic carbocycles. The molecule has 0 amide bonds. The summed E-state index contributed by atoms with van der Waals surface area (Å²) in [5.41, 5.74) is 0.796. The van der Waals surface area contributed by atoms with E-state index >= 15 is 0 Å². The van der Waals surface area contributed by atoms with E-state index in [1.54, 1.807) is 12.1 Å². The second-order valence-electron chi connectivity index (χ2n) is 5.37. The molecule has 0 bridgehead atoms. The number of hydrogen-bond acceptors (Lipinski definition) is 3. The number of hydrogen-bond donors (Lipinski definition) is 2. The molecule has 2 atom stereocenters. The zero-order chi connectivity index (χ0) is 15.0. The Balaban J connectivity index is 2.26. The van der Waals surface area contributed by atoms with E-state index in [4.69, 9.17) is 11.6 Å². The second kappa shape index (κ2) is 5.17. The van der Waals surface area contributed by atoms with E-state index in [9.17, 15) is 9.90 Å². The van der Waals surface area contributed by atoms with Crippen molar-refractivity contribution in [2.75, 3.05) is 11.9 Å². The number of ketones is 1. The van der Waals surface area contributed by atoms with Gasteiger partial charge in [-0.05, 0) is 30.7 Å². The number of fused-ring (bicyclic) bond motifs is 1. The first-order valence-corrected chi connectivity index (χ1v) is 7.23. The number of rotatable bonds is 2. The van der Waals surface area contributed by atoms with Crippen LogP contribution in [0.25, 0.3) is 0 Å². The van der Waals surface area contributed by atoms with E-state index < -0.39 is 11.5 Å². The molecule has 0 saturated carbocycles. The van der Waals surface area contributed by atoms with Gasteiger partial charge in [-0.3, -0.25) is 4.79 Å². The molecule has 0 unspecified atom stereocenters. The van der Waals surface area contributed by atoms with Gasteiger partial charge >= 0.3 is 0 Å². The highest BCUT2D eigenvalue weighted by molar-refractivity contribution is 6.30. The number of carbonyl (C=O) groups excluding carboxylic acids is 1. The maximum Gasteiger partial charge on any atom is 0.138 e. The van der Waals surface area contributed by atoms with Crippen molar-refractivity contribution in [3.8, 4) is 0 Å². The quantitative estimate of drug-likeness (QED) is 0.895. The fourth-order valence-corrected chi connectivity index (χ4v) is 3.19. The van der Waals surface area contributed by atoms with Crippen molar-refractivity contribution in [2.24, 2.45) is 5.92 Å². The molecule has 0 radical (unpaired) electrons. The molecular formula is C17H16ClNO2. The summed E-state index contributed by atoms with van der Waals surface area (Å²) in [4.78, 5) is 12.0. The molecule has 3 nitrogen and oxygen atoms in total. The minimum atomic E-state index is -1.36. The van der Waals surface area contributed by atoms with Gasteiger partial charge in [0.25, 0.3) is 0 Å². The third kappa shape index (κ3) is 2.23. The molecule has 0 fully saturated rings.